The molecule has 0 saturated carbocycles. The van der Waals surface area contributed by atoms with Crippen molar-refractivity contribution < 1.29 is 31.4 Å². The van der Waals surface area contributed by atoms with Gasteiger partial charge in [0, 0.05) is 17.8 Å². The van der Waals surface area contributed by atoms with Crippen LogP contribution in [0.2, 0.25) is 0 Å². The van der Waals surface area contributed by atoms with Gasteiger partial charge in [-0.15, -0.1) is 0 Å². The van der Waals surface area contributed by atoms with Crippen molar-refractivity contribution in [1.29, 1.82) is 0 Å². The average Bonchev–Trinajstić information content (AvgIpc) is 2.91. The van der Waals surface area contributed by atoms with Crippen molar-refractivity contribution in [2.45, 2.75) is 44.3 Å². The van der Waals surface area contributed by atoms with E-state index in [1.165, 1.54) is 0 Å². The molecule has 3 rings (SSSR count). The number of halogens is 6. The van der Waals surface area contributed by atoms with Crippen LogP contribution in [0.1, 0.15) is 37.1 Å². The summed E-state index contributed by atoms with van der Waals surface area (Å²) in [5, 5.41) is 9.90. The van der Waals surface area contributed by atoms with E-state index >= 15 is 0 Å². The maximum absolute atomic E-state index is 13.1. The minimum Gasteiger partial charge on any atom is -0.374 e. The summed E-state index contributed by atoms with van der Waals surface area (Å²) in [6.07, 6.45) is -7.68. The number of aliphatic hydroxyl groups is 1. The molecule has 2 atom stereocenters. The second-order valence-electron chi connectivity index (χ2n) is 6.03. The van der Waals surface area contributed by atoms with Crippen LogP contribution in [0.4, 0.5) is 26.3 Å². The molecule has 0 aromatic carbocycles. The Morgan fingerprint density at radius 1 is 1.12 bits per heavy atom. The number of imidazole rings is 1. The van der Waals surface area contributed by atoms with Gasteiger partial charge in [-0.3, -0.25) is 0 Å². The van der Waals surface area contributed by atoms with Gasteiger partial charge in [0.25, 0.3) is 0 Å². The topological polar surface area (TPSA) is 63.8 Å². The van der Waals surface area contributed by atoms with Crippen LogP contribution in [0.15, 0.2) is 12.4 Å². The van der Waals surface area contributed by atoms with E-state index in [1.54, 1.807) is 6.92 Å². The molecule has 0 aliphatic carbocycles. The summed E-state index contributed by atoms with van der Waals surface area (Å²) in [5.41, 5.74) is -3.05. The molecule has 5 nitrogen and oxygen atoms in total. The first-order valence-electron chi connectivity index (χ1n) is 7.14. The normalized spacial score (nSPS) is 20.0. The minimum atomic E-state index is -5.00. The standard InChI is InChI=1S/C14H12F6N4O/c1-6-3-7-4-21-10(13(15,16)17)23-9(7)8-5-22-11(24(6)8)12(2,25)14(18,19)20/h4-6,25H,3H2,1-2H3/t6-,12?/m0/s1. The summed E-state index contributed by atoms with van der Waals surface area (Å²) >= 11 is 0. The van der Waals surface area contributed by atoms with Crippen molar-refractivity contribution in [2.75, 3.05) is 0 Å². The molecule has 1 unspecified atom stereocenters. The monoisotopic (exact) mass is 366 g/mol. The number of aromatic nitrogens is 4. The molecule has 2 aromatic heterocycles. The predicted molar refractivity (Wildman–Crippen MR) is 72.3 cm³/mol. The Morgan fingerprint density at radius 2 is 1.76 bits per heavy atom. The Balaban J connectivity index is 2.21. The largest absolute Gasteiger partial charge is 0.451 e. The van der Waals surface area contributed by atoms with Crippen LogP contribution in [-0.4, -0.2) is 30.8 Å². The molecule has 11 heteroatoms. The number of fused-ring (bicyclic) bond motifs is 3. The van der Waals surface area contributed by atoms with Crippen molar-refractivity contribution in [3.8, 4) is 11.4 Å². The minimum absolute atomic E-state index is 0.0267. The van der Waals surface area contributed by atoms with Gasteiger partial charge in [-0.05, 0) is 20.3 Å². The maximum atomic E-state index is 13.1. The van der Waals surface area contributed by atoms with Gasteiger partial charge in [0.1, 0.15) is 0 Å². The lowest BCUT2D eigenvalue weighted by atomic mass is 9.98. The van der Waals surface area contributed by atoms with E-state index in [0.29, 0.717) is 12.5 Å². The van der Waals surface area contributed by atoms with Crippen LogP contribution in [0.25, 0.3) is 11.4 Å². The van der Waals surface area contributed by atoms with Crippen LogP contribution in [0.3, 0.4) is 0 Å². The fourth-order valence-electron chi connectivity index (χ4n) is 2.79. The van der Waals surface area contributed by atoms with Gasteiger partial charge < -0.3 is 9.67 Å². The lowest BCUT2D eigenvalue weighted by Crippen LogP contribution is -2.42. The van der Waals surface area contributed by atoms with Crippen molar-refractivity contribution in [2.24, 2.45) is 0 Å². The second kappa shape index (κ2) is 5.16. The van der Waals surface area contributed by atoms with E-state index in [0.717, 1.165) is 17.0 Å². The molecule has 0 bridgehead atoms. The van der Waals surface area contributed by atoms with Crippen LogP contribution < -0.4 is 0 Å². The van der Waals surface area contributed by atoms with Crippen molar-refractivity contribution in [3.05, 3.63) is 29.6 Å². The quantitative estimate of drug-likeness (QED) is 0.787. The van der Waals surface area contributed by atoms with Crippen molar-refractivity contribution >= 4 is 0 Å². The Hall–Kier alpha value is -2.17. The molecule has 0 saturated heterocycles. The van der Waals surface area contributed by atoms with Crippen molar-refractivity contribution in [1.82, 2.24) is 19.5 Å². The zero-order chi connectivity index (χ0) is 18.8. The molecule has 3 heterocycles. The van der Waals surface area contributed by atoms with Crippen molar-refractivity contribution in [3.63, 3.8) is 0 Å². The first-order valence-corrected chi connectivity index (χ1v) is 7.14. The van der Waals surface area contributed by atoms with Gasteiger partial charge in [0.05, 0.1) is 17.6 Å². The highest BCUT2D eigenvalue weighted by Gasteiger charge is 2.55. The van der Waals surface area contributed by atoms with Gasteiger partial charge in [0.15, 0.2) is 5.82 Å². The third-order valence-electron chi connectivity index (χ3n) is 4.10. The number of hydrogen-bond acceptors (Lipinski definition) is 4. The Labute approximate surface area is 137 Å². The number of rotatable bonds is 1. The van der Waals surface area contributed by atoms with Gasteiger partial charge in [-0.1, -0.05) is 0 Å². The zero-order valence-corrected chi connectivity index (χ0v) is 12.9. The molecular formula is C14H12F6N4O. The predicted octanol–water partition coefficient (Wildman–Crippen LogP) is 3.25. The third-order valence-corrected chi connectivity index (χ3v) is 4.10. The Bertz CT molecular complexity index is 824. The second-order valence-corrected chi connectivity index (χ2v) is 6.03. The van der Waals surface area contributed by atoms with Gasteiger partial charge in [-0.25, -0.2) is 15.0 Å². The number of nitrogens with zero attached hydrogens (tertiary/aromatic N) is 4. The molecule has 0 spiro atoms. The van der Waals surface area contributed by atoms with E-state index in [2.05, 4.69) is 15.0 Å². The Kier molecular flexibility index (Phi) is 3.64. The molecule has 1 aliphatic heterocycles. The number of hydrogen-bond donors (Lipinski definition) is 1. The van der Waals surface area contributed by atoms with Crippen LogP contribution >= 0.6 is 0 Å². The summed E-state index contributed by atoms with van der Waals surface area (Å²) in [4.78, 5) is 10.4. The van der Waals surface area contributed by atoms with Crippen LogP contribution in [0.5, 0.6) is 0 Å². The molecular weight excluding hydrogens is 354 g/mol. The lowest BCUT2D eigenvalue weighted by Gasteiger charge is -2.31. The van der Waals surface area contributed by atoms with E-state index < -0.39 is 35.6 Å². The zero-order valence-electron chi connectivity index (χ0n) is 12.9. The summed E-state index contributed by atoms with van der Waals surface area (Å²) in [6.45, 7) is 2.12. The summed E-state index contributed by atoms with van der Waals surface area (Å²) in [5.74, 6) is -2.09. The Morgan fingerprint density at radius 3 is 2.32 bits per heavy atom. The molecule has 2 aromatic rings. The van der Waals surface area contributed by atoms with Crippen LogP contribution in [-0.2, 0) is 18.2 Å². The maximum Gasteiger partial charge on any atom is 0.451 e. The molecule has 136 valence electrons. The smallest absolute Gasteiger partial charge is 0.374 e. The van der Waals surface area contributed by atoms with Gasteiger partial charge >= 0.3 is 12.4 Å². The highest BCUT2D eigenvalue weighted by atomic mass is 19.4. The highest BCUT2D eigenvalue weighted by Crippen LogP contribution is 2.43. The first kappa shape index (κ1) is 17.6. The molecule has 1 aliphatic rings. The molecule has 1 N–H and O–H groups in total. The highest BCUT2D eigenvalue weighted by molar-refractivity contribution is 5.61. The average molecular weight is 366 g/mol. The third kappa shape index (κ3) is 2.66. The van der Waals surface area contributed by atoms with E-state index in [1.807, 2.05) is 0 Å². The summed E-state index contributed by atoms with van der Waals surface area (Å²) in [7, 11) is 0. The van der Waals surface area contributed by atoms with Gasteiger partial charge in [0.2, 0.25) is 11.4 Å². The molecule has 25 heavy (non-hydrogen) atoms. The summed E-state index contributed by atoms with van der Waals surface area (Å²) < 4.78 is 78.9. The fourth-order valence-corrected chi connectivity index (χ4v) is 2.79. The van der Waals surface area contributed by atoms with Crippen LogP contribution in [0, 0.1) is 0 Å². The summed E-state index contributed by atoms with van der Waals surface area (Å²) in [6, 6.07) is -0.575. The first-order chi connectivity index (χ1) is 11.3. The van der Waals surface area contributed by atoms with Gasteiger partial charge in [-0.2, -0.15) is 26.3 Å². The molecule has 0 radical (unpaired) electrons. The fraction of sp³-hybridized carbons (Fsp3) is 0.500. The van der Waals surface area contributed by atoms with E-state index in [-0.39, 0.29) is 17.8 Å². The molecule has 0 fully saturated rings. The number of alkyl halides is 6. The molecule has 0 amide bonds. The van der Waals surface area contributed by atoms with E-state index in [9.17, 15) is 31.4 Å². The lowest BCUT2D eigenvalue weighted by molar-refractivity contribution is -0.262. The SMILES string of the molecule is C[C@H]1Cc2cnc(C(F)(F)F)nc2-c2cnc(C(C)(O)C(F)(F)F)n21. The van der Waals surface area contributed by atoms with E-state index in [4.69, 9.17) is 0 Å².